The molecule has 0 saturated heterocycles. The van der Waals surface area contributed by atoms with Crippen LogP contribution in [-0.2, 0) is 11.2 Å². The zero-order valence-electron chi connectivity index (χ0n) is 16.0. The van der Waals surface area contributed by atoms with Gasteiger partial charge in [-0.1, -0.05) is 41.9 Å². The van der Waals surface area contributed by atoms with Crippen molar-refractivity contribution in [2.45, 2.75) is 32.8 Å². The highest BCUT2D eigenvalue weighted by molar-refractivity contribution is 6.33. The Labute approximate surface area is 169 Å². The molecule has 28 heavy (non-hydrogen) atoms. The number of carbonyl (C=O) groups is 2. The van der Waals surface area contributed by atoms with Crippen molar-refractivity contribution in [3.05, 3.63) is 53.1 Å². The monoisotopic (exact) mass is 405 g/mol. The Kier molecular flexibility index (Phi) is 7.12. The highest BCUT2D eigenvalue weighted by atomic mass is 35.5. The van der Waals surface area contributed by atoms with Crippen LogP contribution in [0.2, 0.25) is 5.02 Å². The zero-order chi connectivity index (χ0) is 20.7. The minimum Gasteiger partial charge on any atom is -0.504 e. The molecule has 150 valence electrons. The first kappa shape index (κ1) is 21.4. The van der Waals surface area contributed by atoms with Crippen molar-refractivity contribution in [2.75, 3.05) is 17.2 Å². The number of phenols is 1. The molecule has 0 atom stereocenters. The molecule has 0 spiro atoms. The van der Waals surface area contributed by atoms with Crippen LogP contribution in [0.25, 0.3) is 0 Å². The summed E-state index contributed by atoms with van der Waals surface area (Å²) in [5.74, 6) is -0.317. The molecule has 7 nitrogen and oxygen atoms in total. The van der Waals surface area contributed by atoms with Crippen molar-refractivity contribution in [3.63, 3.8) is 0 Å². The molecule has 0 aliphatic rings. The van der Waals surface area contributed by atoms with Crippen molar-refractivity contribution in [2.24, 2.45) is 0 Å². The quantitative estimate of drug-likeness (QED) is 0.425. The normalized spacial score (nSPS) is 10.9. The number of hydrogen-bond acceptors (Lipinski definition) is 4. The molecule has 0 heterocycles. The lowest BCUT2D eigenvalue weighted by Crippen LogP contribution is -2.30. The highest BCUT2D eigenvalue weighted by Crippen LogP contribution is 2.35. The van der Waals surface area contributed by atoms with Gasteiger partial charge in [0.25, 0.3) is 0 Å². The first-order valence-electron chi connectivity index (χ1n) is 8.75. The van der Waals surface area contributed by atoms with Crippen LogP contribution in [0.1, 0.15) is 26.3 Å². The average molecular weight is 406 g/mol. The largest absolute Gasteiger partial charge is 0.504 e. The first-order chi connectivity index (χ1) is 13.1. The second-order valence-electron chi connectivity index (χ2n) is 7.10. The molecular formula is C20H24ClN3O4. The van der Waals surface area contributed by atoms with Gasteiger partial charge in [0.05, 0.1) is 10.7 Å². The second kappa shape index (κ2) is 9.32. The van der Waals surface area contributed by atoms with E-state index < -0.39 is 17.7 Å². The van der Waals surface area contributed by atoms with Crippen LogP contribution in [0, 0.1) is 0 Å². The molecule has 0 aliphatic carbocycles. The van der Waals surface area contributed by atoms with Crippen LogP contribution in [0.5, 0.6) is 5.75 Å². The summed E-state index contributed by atoms with van der Waals surface area (Å²) in [6.45, 7) is 5.61. The standard InChI is InChI=1S/C20H24ClN3O4/c1-20(2,3)28-19(27)24-16-12-14(11-15(21)17(16)25)23-18(26)22-10-9-13-7-5-4-6-8-13/h4-8,11-12,25H,9-10H2,1-3H3,(H,24,27)(H2,22,23,26). The van der Waals surface area contributed by atoms with Crippen LogP contribution in [0.15, 0.2) is 42.5 Å². The lowest BCUT2D eigenvalue weighted by molar-refractivity contribution is 0.0635. The number of rotatable bonds is 5. The molecule has 3 amide bonds. The number of anilines is 2. The maximum atomic E-state index is 12.1. The van der Waals surface area contributed by atoms with Gasteiger partial charge in [-0.25, -0.2) is 9.59 Å². The van der Waals surface area contributed by atoms with Gasteiger partial charge in [-0.15, -0.1) is 0 Å². The van der Waals surface area contributed by atoms with Gasteiger partial charge < -0.3 is 20.5 Å². The minimum atomic E-state index is -0.747. The number of aromatic hydroxyl groups is 1. The van der Waals surface area contributed by atoms with Crippen molar-refractivity contribution in [1.82, 2.24) is 5.32 Å². The molecule has 4 N–H and O–H groups in total. The van der Waals surface area contributed by atoms with Crippen molar-refractivity contribution >= 4 is 35.1 Å². The Morgan fingerprint density at radius 2 is 1.79 bits per heavy atom. The van der Waals surface area contributed by atoms with Gasteiger partial charge in [0.2, 0.25) is 0 Å². The predicted octanol–water partition coefficient (Wildman–Crippen LogP) is 4.76. The van der Waals surface area contributed by atoms with Gasteiger partial charge in [0, 0.05) is 12.2 Å². The number of halogens is 1. The van der Waals surface area contributed by atoms with E-state index >= 15 is 0 Å². The molecular weight excluding hydrogens is 382 g/mol. The SMILES string of the molecule is CC(C)(C)OC(=O)Nc1cc(NC(=O)NCCc2ccccc2)cc(Cl)c1O. The fraction of sp³-hybridized carbons (Fsp3) is 0.300. The summed E-state index contributed by atoms with van der Waals surface area (Å²) in [6.07, 6.45) is -0.0564. The van der Waals surface area contributed by atoms with Crippen LogP contribution in [0.4, 0.5) is 21.0 Å². The number of urea groups is 1. The van der Waals surface area contributed by atoms with Gasteiger partial charge in [0.1, 0.15) is 5.60 Å². The van der Waals surface area contributed by atoms with E-state index in [9.17, 15) is 14.7 Å². The van der Waals surface area contributed by atoms with E-state index in [1.807, 2.05) is 30.3 Å². The average Bonchev–Trinajstić information content (AvgIpc) is 2.58. The van der Waals surface area contributed by atoms with Crippen LogP contribution >= 0.6 is 11.6 Å². The van der Waals surface area contributed by atoms with E-state index in [2.05, 4.69) is 16.0 Å². The zero-order valence-corrected chi connectivity index (χ0v) is 16.8. The maximum Gasteiger partial charge on any atom is 0.412 e. The number of hydrogen-bond donors (Lipinski definition) is 4. The number of carbonyl (C=O) groups excluding carboxylic acids is 2. The Morgan fingerprint density at radius 1 is 1.11 bits per heavy atom. The molecule has 2 aromatic carbocycles. The van der Waals surface area contributed by atoms with Crippen LogP contribution < -0.4 is 16.0 Å². The third-order valence-corrected chi connectivity index (χ3v) is 3.79. The third kappa shape index (κ3) is 7.00. The topological polar surface area (TPSA) is 99.7 Å². The lowest BCUT2D eigenvalue weighted by atomic mass is 10.1. The molecule has 0 aliphatic heterocycles. The van der Waals surface area contributed by atoms with Gasteiger partial charge in [-0.05, 0) is 44.9 Å². The number of phenolic OH excluding ortho intramolecular Hbond substituents is 1. The summed E-state index contributed by atoms with van der Waals surface area (Å²) in [6, 6.07) is 12.1. The summed E-state index contributed by atoms with van der Waals surface area (Å²) < 4.78 is 5.15. The van der Waals surface area contributed by atoms with Gasteiger partial charge >= 0.3 is 12.1 Å². The van der Waals surface area contributed by atoms with E-state index in [1.165, 1.54) is 12.1 Å². The third-order valence-electron chi connectivity index (χ3n) is 3.50. The van der Waals surface area contributed by atoms with E-state index in [0.717, 1.165) is 5.56 Å². The summed E-state index contributed by atoms with van der Waals surface area (Å²) in [5.41, 5.74) is 0.754. The number of nitrogens with one attached hydrogen (secondary N) is 3. The Bertz CT molecular complexity index is 835. The molecule has 0 saturated carbocycles. The Hall–Kier alpha value is -2.93. The summed E-state index contributed by atoms with van der Waals surface area (Å²) in [4.78, 5) is 24.0. The molecule has 2 rings (SSSR count). The minimum absolute atomic E-state index is 0.0202. The molecule has 0 bridgehead atoms. The van der Waals surface area contributed by atoms with Crippen molar-refractivity contribution in [1.29, 1.82) is 0 Å². The second-order valence-corrected chi connectivity index (χ2v) is 7.50. The molecule has 0 unspecified atom stereocenters. The molecule has 8 heteroatoms. The van der Waals surface area contributed by atoms with Crippen molar-refractivity contribution < 1.29 is 19.4 Å². The lowest BCUT2D eigenvalue weighted by Gasteiger charge is -2.20. The molecule has 0 aromatic heterocycles. The van der Waals surface area contributed by atoms with Crippen LogP contribution in [0.3, 0.4) is 0 Å². The fourth-order valence-electron chi connectivity index (χ4n) is 2.32. The Balaban J connectivity index is 1.96. The van der Waals surface area contributed by atoms with Crippen LogP contribution in [-0.4, -0.2) is 29.4 Å². The Morgan fingerprint density at radius 3 is 2.43 bits per heavy atom. The number of benzene rings is 2. The maximum absolute atomic E-state index is 12.1. The summed E-state index contributed by atoms with van der Waals surface area (Å²) in [7, 11) is 0. The van der Waals surface area contributed by atoms with E-state index in [0.29, 0.717) is 18.7 Å². The molecule has 0 radical (unpaired) electrons. The van der Waals surface area contributed by atoms with Crippen molar-refractivity contribution in [3.8, 4) is 5.75 Å². The highest BCUT2D eigenvalue weighted by Gasteiger charge is 2.19. The molecule has 0 fully saturated rings. The van der Waals surface area contributed by atoms with E-state index in [-0.39, 0.29) is 16.5 Å². The van der Waals surface area contributed by atoms with E-state index in [4.69, 9.17) is 16.3 Å². The van der Waals surface area contributed by atoms with Gasteiger partial charge in [0.15, 0.2) is 5.75 Å². The first-order valence-corrected chi connectivity index (χ1v) is 9.13. The smallest absolute Gasteiger partial charge is 0.412 e. The number of amides is 3. The van der Waals surface area contributed by atoms with Gasteiger partial charge in [-0.2, -0.15) is 0 Å². The van der Waals surface area contributed by atoms with Gasteiger partial charge in [-0.3, -0.25) is 5.32 Å². The summed E-state index contributed by atoms with van der Waals surface area (Å²) in [5, 5.41) is 17.8. The molecule has 2 aromatic rings. The number of ether oxygens (including phenoxy) is 1. The fourth-order valence-corrected chi connectivity index (χ4v) is 2.54. The summed E-state index contributed by atoms with van der Waals surface area (Å²) >= 11 is 5.99. The van der Waals surface area contributed by atoms with E-state index in [1.54, 1.807) is 20.8 Å². The predicted molar refractivity (Wildman–Crippen MR) is 110 cm³/mol.